The van der Waals surface area contributed by atoms with Crippen molar-refractivity contribution in [3.05, 3.63) is 70.9 Å². The number of ether oxygens (including phenoxy) is 1. The molecule has 6 nitrogen and oxygen atoms in total. The summed E-state index contributed by atoms with van der Waals surface area (Å²) in [4.78, 5) is 40.8. The number of benzene rings is 2. The van der Waals surface area contributed by atoms with Gasteiger partial charge in [0.15, 0.2) is 12.4 Å². The highest BCUT2D eigenvalue weighted by atomic mass is 16.5. The van der Waals surface area contributed by atoms with Crippen molar-refractivity contribution in [3.8, 4) is 0 Å². The Labute approximate surface area is 162 Å². The van der Waals surface area contributed by atoms with Crippen molar-refractivity contribution in [1.29, 1.82) is 0 Å². The number of aryl methyl sites for hydroxylation is 2. The van der Waals surface area contributed by atoms with Crippen molar-refractivity contribution in [2.75, 3.05) is 11.9 Å². The molecule has 28 heavy (non-hydrogen) atoms. The molecule has 3 rings (SSSR count). The molecule has 0 fully saturated rings. The molecule has 0 unspecified atom stereocenters. The number of amides is 1. The fourth-order valence-corrected chi connectivity index (χ4v) is 2.94. The van der Waals surface area contributed by atoms with Gasteiger partial charge in [0.1, 0.15) is 0 Å². The van der Waals surface area contributed by atoms with E-state index in [4.69, 9.17) is 4.74 Å². The highest BCUT2D eigenvalue weighted by molar-refractivity contribution is 6.06. The molecule has 6 heteroatoms. The fourth-order valence-electron chi connectivity index (χ4n) is 2.94. The van der Waals surface area contributed by atoms with E-state index in [2.05, 4.69) is 10.3 Å². The van der Waals surface area contributed by atoms with Crippen LogP contribution < -0.4 is 5.32 Å². The van der Waals surface area contributed by atoms with Crippen LogP contribution in [0.5, 0.6) is 0 Å². The molecule has 1 heterocycles. The molecular formula is C22H20N2O4. The molecule has 0 bridgehead atoms. The lowest BCUT2D eigenvalue weighted by Gasteiger charge is -2.11. The van der Waals surface area contributed by atoms with Crippen LogP contribution in [-0.2, 0) is 9.53 Å². The standard InChI is InChI=1S/C22H20N2O4/c1-13-8-9-20-17(10-13)18(11-14(2)23-20)22(27)28-12-21(26)24-19-7-5-4-6-16(19)15(3)25/h4-11H,12H2,1-3H3,(H,24,26). The Morgan fingerprint density at radius 2 is 1.75 bits per heavy atom. The number of ketones is 1. The Kier molecular flexibility index (Phi) is 5.49. The molecular weight excluding hydrogens is 356 g/mol. The van der Waals surface area contributed by atoms with Crippen molar-refractivity contribution in [2.45, 2.75) is 20.8 Å². The number of aromatic nitrogens is 1. The molecule has 0 atom stereocenters. The van der Waals surface area contributed by atoms with Crippen LogP contribution in [0.2, 0.25) is 0 Å². The summed E-state index contributed by atoms with van der Waals surface area (Å²) in [5.74, 6) is -1.29. The molecule has 0 radical (unpaired) electrons. The van der Waals surface area contributed by atoms with E-state index in [1.807, 2.05) is 25.1 Å². The minimum absolute atomic E-state index is 0.165. The van der Waals surface area contributed by atoms with E-state index < -0.39 is 18.5 Å². The monoisotopic (exact) mass is 376 g/mol. The van der Waals surface area contributed by atoms with Gasteiger partial charge in [0.05, 0.1) is 16.8 Å². The molecule has 1 amide bonds. The quantitative estimate of drug-likeness (QED) is 0.540. The van der Waals surface area contributed by atoms with Crippen molar-refractivity contribution in [1.82, 2.24) is 4.98 Å². The predicted molar refractivity (Wildman–Crippen MR) is 107 cm³/mol. The first-order chi connectivity index (χ1) is 13.3. The summed E-state index contributed by atoms with van der Waals surface area (Å²) in [5.41, 5.74) is 3.51. The Hall–Kier alpha value is -3.54. The maximum atomic E-state index is 12.6. The molecule has 0 saturated heterocycles. The van der Waals surface area contributed by atoms with Gasteiger partial charge < -0.3 is 10.1 Å². The van der Waals surface area contributed by atoms with E-state index in [0.717, 1.165) is 5.56 Å². The molecule has 2 aromatic carbocycles. The second-order valence-electron chi connectivity index (χ2n) is 6.56. The van der Waals surface area contributed by atoms with Gasteiger partial charge in [-0.1, -0.05) is 23.8 Å². The first-order valence-corrected chi connectivity index (χ1v) is 8.80. The Morgan fingerprint density at radius 3 is 2.50 bits per heavy atom. The summed E-state index contributed by atoms with van der Waals surface area (Å²) in [5, 5.41) is 3.29. The van der Waals surface area contributed by atoms with Crippen LogP contribution in [0.15, 0.2) is 48.5 Å². The van der Waals surface area contributed by atoms with Crippen molar-refractivity contribution >= 4 is 34.3 Å². The number of pyridine rings is 1. The summed E-state index contributed by atoms with van der Waals surface area (Å²) in [7, 11) is 0. The Morgan fingerprint density at radius 1 is 1.00 bits per heavy atom. The molecule has 1 N–H and O–H groups in total. The van der Waals surface area contributed by atoms with Gasteiger partial charge in [-0.15, -0.1) is 0 Å². The number of esters is 1. The van der Waals surface area contributed by atoms with Crippen LogP contribution in [0, 0.1) is 13.8 Å². The lowest BCUT2D eigenvalue weighted by atomic mass is 10.1. The highest BCUT2D eigenvalue weighted by Crippen LogP contribution is 2.21. The van der Waals surface area contributed by atoms with Crippen molar-refractivity contribution in [2.24, 2.45) is 0 Å². The van der Waals surface area contributed by atoms with E-state index in [1.54, 1.807) is 37.3 Å². The van der Waals surface area contributed by atoms with Crippen LogP contribution in [0.3, 0.4) is 0 Å². The maximum absolute atomic E-state index is 12.6. The normalized spacial score (nSPS) is 10.5. The lowest BCUT2D eigenvalue weighted by molar-refractivity contribution is -0.119. The molecule has 142 valence electrons. The number of hydrogen-bond acceptors (Lipinski definition) is 5. The van der Waals surface area contributed by atoms with Gasteiger partial charge in [0, 0.05) is 16.6 Å². The van der Waals surface area contributed by atoms with Gasteiger partial charge in [-0.25, -0.2) is 4.79 Å². The van der Waals surface area contributed by atoms with E-state index in [1.165, 1.54) is 6.92 Å². The number of carbonyl (C=O) groups excluding carboxylic acids is 3. The van der Waals surface area contributed by atoms with E-state index >= 15 is 0 Å². The van der Waals surface area contributed by atoms with E-state index in [0.29, 0.717) is 33.4 Å². The fraction of sp³-hybridized carbons (Fsp3) is 0.182. The first-order valence-electron chi connectivity index (χ1n) is 8.80. The van der Waals surface area contributed by atoms with Crippen LogP contribution in [-0.4, -0.2) is 29.3 Å². The zero-order valence-corrected chi connectivity index (χ0v) is 15.9. The third kappa shape index (κ3) is 4.23. The summed E-state index contributed by atoms with van der Waals surface area (Å²) in [6, 6.07) is 13.9. The van der Waals surface area contributed by atoms with Gasteiger partial charge in [-0.2, -0.15) is 0 Å². The topological polar surface area (TPSA) is 85.4 Å². The smallest absolute Gasteiger partial charge is 0.339 e. The first kappa shape index (κ1) is 19.2. The highest BCUT2D eigenvalue weighted by Gasteiger charge is 2.16. The van der Waals surface area contributed by atoms with Gasteiger partial charge >= 0.3 is 5.97 Å². The van der Waals surface area contributed by atoms with Gasteiger partial charge in [-0.3, -0.25) is 14.6 Å². The van der Waals surface area contributed by atoms with Crippen LogP contribution >= 0.6 is 0 Å². The molecule has 3 aromatic rings. The summed E-state index contributed by atoms with van der Waals surface area (Å²) < 4.78 is 5.20. The minimum Gasteiger partial charge on any atom is -0.452 e. The minimum atomic E-state index is -0.601. The van der Waals surface area contributed by atoms with Gasteiger partial charge in [0.25, 0.3) is 5.91 Å². The largest absolute Gasteiger partial charge is 0.452 e. The molecule has 0 spiro atoms. The van der Waals surface area contributed by atoms with Crippen molar-refractivity contribution in [3.63, 3.8) is 0 Å². The molecule has 0 saturated carbocycles. The molecule has 1 aromatic heterocycles. The average molecular weight is 376 g/mol. The number of anilines is 1. The Balaban J connectivity index is 1.74. The molecule has 0 aliphatic heterocycles. The van der Waals surface area contributed by atoms with Crippen LogP contribution in [0.1, 0.15) is 38.9 Å². The number of nitrogens with zero attached hydrogens (tertiary/aromatic N) is 1. The number of carbonyl (C=O) groups is 3. The summed E-state index contributed by atoms with van der Waals surface area (Å²) >= 11 is 0. The van der Waals surface area contributed by atoms with Crippen LogP contribution in [0.4, 0.5) is 5.69 Å². The second-order valence-corrected chi connectivity index (χ2v) is 6.56. The number of Topliss-reactive ketones (excluding diaryl/α,β-unsaturated/α-hetero) is 1. The Bertz CT molecular complexity index is 1090. The van der Waals surface area contributed by atoms with Gasteiger partial charge in [0.2, 0.25) is 0 Å². The number of para-hydroxylation sites is 1. The van der Waals surface area contributed by atoms with Crippen molar-refractivity contribution < 1.29 is 19.1 Å². The average Bonchev–Trinajstić information content (AvgIpc) is 2.66. The van der Waals surface area contributed by atoms with E-state index in [-0.39, 0.29) is 5.78 Å². The molecule has 0 aliphatic carbocycles. The maximum Gasteiger partial charge on any atom is 0.339 e. The number of nitrogens with one attached hydrogen (secondary N) is 1. The molecule has 0 aliphatic rings. The predicted octanol–water partition coefficient (Wildman–Crippen LogP) is 3.85. The second kappa shape index (κ2) is 8.00. The number of hydrogen-bond donors (Lipinski definition) is 1. The zero-order valence-electron chi connectivity index (χ0n) is 15.9. The summed E-state index contributed by atoms with van der Waals surface area (Å²) in [6.45, 7) is 4.68. The van der Waals surface area contributed by atoms with Crippen LogP contribution in [0.25, 0.3) is 10.9 Å². The number of rotatable bonds is 5. The summed E-state index contributed by atoms with van der Waals surface area (Å²) in [6.07, 6.45) is 0. The number of fused-ring (bicyclic) bond motifs is 1. The van der Waals surface area contributed by atoms with E-state index in [9.17, 15) is 14.4 Å². The third-order valence-electron chi connectivity index (χ3n) is 4.23. The third-order valence-corrected chi connectivity index (χ3v) is 4.23. The SMILES string of the molecule is CC(=O)c1ccccc1NC(=O)COC(=O)c1cc(C)nc2ccc(C)cc12. The van der Waals surface area contributed by atoms with Gasteiger partial charge in [-0.05, 0) is 51.1 Å². The zero-order chi connectivity index (χ0) is 20.3. The lowest BCUT2D eigenvalue weighted by Crippen LogP contribution is -2.22.